The predicted molar refractivity (Wildman–Crippen MR) is 233 cm³/mol. The van der Waals surface area contributed by atoms with Crippen molar-refractivity contribution in [2.24, 2.45) is 11.3 Å². The van der Waals surface area contributed by atoms with E-state index in [0.29, 0.717) is 5.92 Å². The van der Waals surface area contributed by atoms with Gasteiger partial charge in [0.05, 0.1) is 0 Å². The number of hydrogen-bond donors (Lipinski definition) is 1. The van der Waals surface area contributed by atoms with Crippen LogP contribution in [0.25, 0.3) is 44.5 Å². The Kier molecular flexibility index (Phi) is 8.09. The fourth-order valence-electron chi connectivity index (χ4n) is 10.9. The average molecular weight is 700 g/mol. The second-order valence-corrected chi connectivity index (χ2v) is 17.1. The monoisotopic (exact) mass is 699 g/mol. The van der Waals surface area contributed by atoms with Gasteiger partial charge in [0.25, 0.3) is 0 Å². The molecule has 10 rings (SSSR count). The number of unbranched alkanes of at least 4 members (excludes halogenated alkanes) is 2. The lowest BCUT2D eigenvalue weighted by atomic mass is 9.46. The van der Waals surface area contributed by atoms with Gasteiger partial charge in [-0.2, -0.15) is 0 Å². The molecule has 0 radical (unpaired) electrons. The highest BCUT2D eigenvalue weighted by Gasteiger charge is 2.64. The molecule has 1 saturated carbocycles. The highest BCUT2D eigenvalue weighted by Crippen LogP contribution is 2.74. The average Bonchev–Trinajstić information content (AvgIpc) is 3.98. The van der Waals surface area contributed by atoms with Gasteiger partial charge in [-0.1, -0.05) is 167 Å². The van der Waals surface area contributed by atoms with Crippen LogP contribution >= 0.6 is 0 Å². The maximum Gasteiger partial charge on any atom is 0.194 e. The van der Waals surface area contributed by atoms with Crippen molar-refractivity contribution in [1.82, 2.24) is 0 Å². The topological polar surface area (TPSA) is 12.0 Å². The smallest absolute Gasteiger partial charge is 0.194 e. The Labute approximate surface area is 322 Å². The maximum atomic E-state index is 3.93. The molecule has 1 heterocycles. The summed E-state index contributed by atoms with van der Waals surface area (Å²) in [5.41, 5.74) is 23.1. The molecule has 4 aliphatic rings. The maximum absolute atomic E-state index is 3.93. The van der Waals surface area contributed by atoms with Gasteiger partial charge >= 0.3 is 0 Å². The lowest BCUT2D eigenvalue weighted by Gasteiger charge is -2.55. The van der Waals surface area contributed by atoms with Gasteiger partial charge in [0.1, 0.15) is 0 Å². The van der Waals surface area contributed by atoms with Gasteiger partial charge in [0.2, 0.25) is 0 Å². The number of fused-ring (bicyclic) bond motifs is 6. The minimum atomic E-state index is 0.225. The van der Waals surface area contributed by atoms with E-state index in [4.69, 9.17) is 0 Å². The van der Waals surface area contributed by atoms with E-state index in [9.17, 15) is 0 Å². The first-order chi connectivity index (χ1) is 26.5. The van der Waals surface area contributed by atoms with Crippen molar-refractivity contribution in [2.45, 2.75) is 77.6 Å². The summed E-state index contributed by atoms with van der Waals surface area (Å²) in [6.45, 7) is 7.59. The van der Waals surface area contributed by atoms with Crippen LogP contribution < -0.4 is 16.2 Å². The van der Waals surface area contributed by atoms with E-state index in [2.05, 4.69) is 160 Å². The van der Waals surface area contributed by atoms with Crippen LogP contribution in [0.3, 0.4) is 0 Å². The third-order valence-corrected chi connectivity index (χ3v) is 14.0. The fourth-order valence-corrected chi connectivity index (χ4v) is 10.9. The number of benzene rings is 6. The standard InChI is InChI=1S/C52H50BN/c1-4-5-8-16-34-31-41(50-42(32-34)46-48-47-43(21-15-22-44(47)53-50)51(2)29-13-14-30-52(51,3)49(46)48)40-33-38(36-19-11-7-12-20-36)25-28-45(40)54-39-26-23-37(24-27-39)35-17-9-6-10-18-35/h6-7,9-12,15,17-28,31-33,49,53-54H,4-5,8,13-14,16,29-30H2,1-3H3. The van der Waals surface area contributed by atoms with Crippen molar-refractivity contribution in [3.63, 3.8) is 0 Å². The minimum Gasteiger partial charge on any atom is -0.355 e. The molecule has 6 aromatic carbocycles. The van der Waals surface area contributed by atoms with Crippen LogP contribution in [0.2, 0.25) is 0 Å². The Hall–Kier alpha value is -5.08. The van der Waals surface area contributed by atoms with Gasteiger partial charge < -0.3 is 5.32 Å². The Morgan fingerprint density at radius 1 is 0.630 bits per heavy atom. The lowest BCUT2D eigenvalue weighted by Crippen LogP contribution is -2.51. The van der Waals surface area contributed by atoms with E-state index < -0.39 is 0 Å². The zero-order valence-corrected chi connectivity index (χ0v) is 32.1. The molecule has 1 fully saturated rings. The van der Waals surface area contributed by atoms with Gasteiger partial charge in [-0.05, 0) is 122 Å². The van der Waals surface area contributed by atoms with Crippen LogP contribution in [0.15, 0.2) is 133 Å². The van der Waals surface area contributed by atoms with Crippen molar-refractivity contribution in [1.29, 1.82) is 0 Å². The summed E-state index contributed by atoms with van der Waals surface area (Å²) in [5, 5.41) is 3.93. The molecule has 0 bridgehead atoms. The third-order valence-electron chi connectivity index (χ3n) is 14.0. The quantitative estimate of drug-likeness (QED) is 0.117. The molecular formula is C52H50BN. The van der Waals surface area contributed by atoms with Crippen molar-refractivity contribution < 1.29 is 0 Å². The lowest BCUT2D eigenvalue weighted by molar-refractivity contribution is 0.0711. The van der Waals surface area contributed by atoms with Gasteiger partial charge in [-0.25, -0.2) is 0 Å². The second-order valence-electron chi connectivity index (χ2n) is 17.1. The van der Waals surface area contributed by atoms with E-state index >= 15 is 0 Å². The second kappa shape index (κ2) is 13.0. The number of rotatable bonds is 9. The molecule has 0 spiro atoms. The van der Waals surface area contributed by atoms with Crippen LogP contribution in [0.1, 0.15) is 88.0 Å². The van der Waals surface area contributed by atoms with Gasteiger partial charge in [0.15, 0.2) is 7.28 Å². The van der Waals surface area contributed by atoms with Gasteiger partial charge in [-0.3, -0.25) is 0 Å². The Bertz CT molecular complexity index is 2420. The normalized spacial score (nSPS) is 21.6. The predicted octanol–water partition coefficient (Wildman–Crippen LogP) is 12.3. The summed E-state index contributed by atoms with van der Waals surface area (Å²) in [6, 6.07) is 50.2. The molecule has 0 amide bonds. The van der Waals surface area contributed by atoms with E-state index in [1.165, 1.54) is 94.8 Å². The molecule has 3 aliphatic carbocycles. The molecule has 0 saturated heterocycles. The number of nitrogens with one attached hydrogen (secondary N) is 1. The summed E-state index contributed by atoms with van der Waals surface area (Å²) in [5.74, 6) is 0.561. The van der Waals surface area contributed by atoms with E-state index in [0.717, 1.165) is 25.1 Å². The molecule has 3 unspecified atom stereocenters. The fraction of sp³-hybridized carbons (Fsp3) is 0.269. The summed E-state index contributed by atoms with van der Waals surface area (Å²) in [4.78, 5) is 0. The molecule has 3 atom stereocenters. The zero-order chi connectivity index (χ0) is 36.4. The number of hydrogen-bond acceptors (Lipinski definition) is 1. The largest absolute Gasteiger partial charge is 0.355 e. The highest BCUT2D eigenvalue weighted by atomic mass is 14.9. The number of aryl methyl sites for hydroxylation is 1. The molecule has 2 heteroatoms. The molecule has 266 valence electrons. The van der Waals surface area contributed by atoms with E-state index in [1.54, 1.807) is 27.8 Å². The first-order valence-electron chi connectivity index (χ1n) is 20.6. The SMILES string of the molecule is CCCCCc1cc2c(c(-c3cc(-c4ccccc4)ccc3Nc3ccc(-c4ccccc4)cc3)c1)Bc1cccc3c1C1=C2C1C1(C)CCCCC31C. The number of allylic oxidation sites excluding steroid dienone is 2. The summed E-state index contributed by atoms with van der Waals surface area (Å²) in [7, 11) is 0.969. The van der Waals surface area contributed by atoms with Crippen LogP contribution in [-0.2, 0) is 11.8 Å². The first-order valence-corrected chi connectivity index (χ1v) is 20.6. The van der Waals surface area contributed by atoms with Gasteiger partial charge in [0, 0.05) is 22.9 Å². The number of anilines is 2. The van der Waals surface area contributed by atoms with Gasteiger partial charge in [-0.15, -0.1) is 0 Å². The summed E-state index contributed by atoms with van der Waals surface area (Å²) < 4.78 is 0. The van der Waals surface area contributed by atoms with Crippen LogP contribution in [0.5, 0.6) is 0 Å². The Balaban J connectivity index is 1.16. The molecule has 1 N–H and O–H groups in total. The van der Waals surface area contributed by atoms with Crippen molar-refractivity contribution in [2.75, 3.05) is 5.32 Å². The molecule has 0 aromatic heterocycles. The molecule has 6 aromatic rings. The van der Waals surface area contributed by atoms with Crippen LogP contribution in [0.4, 0.5) is 11.4 Å². The molecule has 1 aliphatic heterocycles. The van der Waals surface area contributed by atoms with Crippen molar-refractivity contribution in [3.8, 4) is 33.4 Å². The van der Waals surface area contributed by atoms with Crippen molar-refractivity contribution >= 4 is 40.7 Å². The van der Waals surface area contributed by atoms with Crippen molar-refractivity contribution in [3.05, 3.63) is 156 Å². The Morgan fingerprint density at radius 3 is 2.07 bits per heavy atom. The Morgan fingerprint density at radius 2 is 1.31 bits per heavy atom. The molecule has 54 heavy (non-hydrogen) atoms. The van der Waals surface area contributed by atoms with E-state index in [-0.39, 0.29) is 10.8 Å². The molecule has 1 nitrogen and oxygen atoms in total. The summed E-state index contributed by atoms with van der Waals surface area (Å²) in [6.07, 6.45) is 10.2. The first kappa shape index (κ1) is 33.5. The highest BCUT2D eigenvalue weighted by molar-refractivity contribution is 6.72. The zero-order valence-electron chi connectivity index (χ0n) is 32.1. The third kappa shape index (κ3) is 5.28. The molecular weight excluding hydrogens is 649 g/mol. The summed E-state index contributed by atoms with van der Waals surface area (Å²) >= 11 is 0. The van der Waals surface area contributed by atoms with Crippen LogP contribution in [0, 0.1) is 11.3 Å². The minimum absolute atomic E-state index is 0.225. The van der Waals surface area contributed by atoms with Crippen LogP contribution in [-0.4, -0.2) is 7.28 Å². The van der Waals surface area contributed by atoms with E-state index in [1.807, 2.05) is 0 Å².